The minimum Gasteiger partial charge on any atom is -0.497 e. The molecule has 20 heavy (non-hydrogen) atoms. The first-order valence-corrected chi connectivity index (χ1v) is 6.75. The van der Waals surface area contributed by atoms with Crippen LogP contribution in [0.15, 0.2) is 48.5 Å². The maximum atomic E-state index is 13.2. The summed E-state index contributed by atoms with van der Waals surface area (Å²) in [5.74, 6) is 0.646. The zero-order valence-electron chi connectivity index (χ0n) is 12.1. The lowest BCUT2D eigenvalue weighted by Crippen LogP contribution is -2.22. The molecule has 0 aromatic heterocycles. The number of halogens is 1. The van der Waals surface area contributed by atoms with E-state index in [0.29, 0.717) is 0 Å². The van der Waals surface area contributed by atoms with Crippen molar-refractivity contribution in [2.24, 2.45) is 0 Å². The summed E-state index contributed by atoms with van der Waals surface area (Å²) in [5.41, 5.74) is 2.12. The van der Waals surface area contributed by atoms with E-state index in [2.05, 4.69) is 12.2 Å². The second-order valence-electron chi connectivity index (χ2n) is 4.94. The third-order valence-corrected chi connectivity index (χ3v) is 3.46. The van der Waals surface area contributed by atoms with Gasteiger partial charge in [-0.3, -0.25) is 0 Å². The number of methoxy groups -OCH3 is 1. The molecule has 0 radical (unpaired) electrons. The number of ether oxygens (including phenoxy) is 1. The predicted octanol–water partition coefficient (Wildman–Crippen LogP) is 4.25. The van der Waals surface area contributed by atoms with Crippen LogP contribution >= 0.6 is 0 Å². The molecular weight excluding hydrogens is 253 g/mol. The predicted molar refractivity (Wildman–Crippen MR) is 79.4 cm³/mol. The highest BCUT2D eigenvalue weighted by Crippen LogP contribution is 2.21. The maximum absolute atomic E-state index is 13.2. The van der Waals surface area contributed by atoms with Gasteiger partial charge >= 0.3 is 0 Å². The van der Waals surface area contributed by atoms with E-state index in [1.807, 2.05) is 37.3 Å². The molecule has 3 heteroatoms. The van der Waals surface area contributed by atoms with Gasteiger partial charge in [-0.2, -0.15) is 0 Å². The van der Waals surface area contributed by atoms with Gasteiger partial charge in [-0.1, -0.05) is 24.3 Å². The Morgan fingerprint density at radius 1 is 0.950 bits per heavy atom. The minimum absolute atomic E-state index is 0.0859. The minimum atomic E-state index is -0.201. The van der Waals surface area contributed by atoms with Crippen LogP contribution in [0.5, 0.6) is 5.75 Å². The van der Waals surface area contributed by atoms with Gasteiger partial charge in [-0.15, -0.1) is 0 Å². The number of hydrogen-bond acceptors (Lipinski definition) is 2. The summed E-state index contributed by atoms with van der Waals surface area (Å²) in [6.45, 7) is 4.13. The first-order valence-electron chi connectivity index (χ1n) is 6.75. The van der Waals surface area contributed by atoms with Crippen molar-refractivity contribution in [3.05, 3.63) is 65.5 Å². The highest BCUT2D eigenvalue weighted by molar-refractivity contribution is 5.29. The Morgan fingerprint density at radius 2 is 1.60 bits per heavy atom. The summed E-state index contributed by atoms with van der Waals surface area (Å²) < 4.78 is 18.4. The lowest BCUT2D eigenvalue weighted by atomic mass is 10.0. The first kappa shape index (κ1) is 14.5. The van der Waals surface area contributed by atoms with Gasteiger partial charge in [0.2, 0.25) is 0 Å². The molecule has 2 aromatic rings. The molecule has 0 saturated heterocycles. The molecule has 0 fully saturated rings. The lowest BCUT2D eigenvalue weighted by Gasteiger charge is -2.21. The summed E-state index contributed by atoms with van der Waals surface area (Å²) >= 11 is 0. The van der Waals surface area contributed by atoms with Crippen molar-refractivity contribution in [3.63, 3.8) is 0 Å². The van der Waals surface area contributed by atoms with E-state index < -0.39 is 0 Å². The molecule has 2 aromatic carbocycles. The van der Waals surface area contributed by atoms with Crippen LogP contribution < -0.4 is 10.1 Å². The molecule has 0 aliphatic carbocycles. The van der Waals surface area contributed by atoms with Gasteiger partial charge in [0.25, 0.3) is 0 Å². The highest BCUT2D eigenvalue weighted by atomic mass is 19.1. The first-order chi connectivity index (χ1) is 9.60. The van der Waals surface area contributed by atoms with E-state index in [4.69, 9.17) is 4.74 Å². The molecule has 0 spiro atoms. The number of hydrogen-bond donors (Lipinski definition) is 1. The zero-order valence-corrected chi connectivity index (χ0v) is 12.1. The zero-order chi connectivity index (χ0) is 14.5. The Bertz CT molecular complexity index is 553. The largest absolute Gasteiger partial charge is 0.497 e. The molecule has 0 aliphatic heterocycles. The van der Waals surface area contributed by atoms with E-state index in [-0.39, 0.29) is 17.9 Å². The molecule has 0 amide bonds. The van der Waals surface area contributed by atoms with Crippen LogP contribution in [-0.2, 0) is 0 Å². The average Bonchev–Trinajstić information content (AvgIpc) is 2.47. The molecular formula is C17H20FNO. The van der Waals surface area contributed by atoms with Crippen LogP contribution in [-0.4, -0.2) is 7.11 Å². The smallest absolute Gasteiger partial charge is 0.123 e. The molecule has 0 heterocycles. The normalized spacial score (nSPS) is 13.8. The molecule has 0 bridgehead atoms. The highest BCUT2D eigenvalue weighted by Gasteiger charge is 2.11. The lowest BCUT2D eigenvalue weighted by molar-refractivity contribution is 0.414. The van der Waals surface area contributed by atoms with Gasteiger partial charge < -0.3 is 10.1 Å². The standard InChI is InChI=1S/C17H20FNO/c1-12(14-7-9-17(20-3)10-8-14)19-13(2)15-5-4-6-16(18)11-15/h4-13,19H,1-3H3/t12-,13?/m0/s1. The van der Waals surface area contributed by atoms with Gasteiger partial charge in [-0.05, 0) is 49.2 Å². The van der Waals surface area contributed by atoms with Gasteiger partial charge in [0.05, 0.1) is 7.11 Å². The quantitative estimate of drug-likeness (QED) is 0.879. The SMILES string of the molecule is COc1ccc([C@H](C)NC(C)c2cccc(F)c2)cc1. The van der Waals surface area contributed by atoms with E-state index in [9.17, 15) is 4.39 Å². The Morgan fingerprint density at radius 3 is 2.20 bits per heavy atom. The summed E-state index contributed by atoms with van der Waals surface area (Å²) in [5, 5.41) is 3.47. The molecule has 2 rings (SSSR count). The number of rotatable bonds is 5. The monoisotopic (exact) mass is 273 g/mol. The van der Waals surface area contributed by atoms with E-state index in [1.165, 1.54) is 11.6 Å². The summed E-state index contributed by atoms with van der Waals surface area (Å²) in [6.07, 6.45) is 0. The van der Waals surface area contributed by atoms with Gasteiger partial charge in [0.15, 0.2) is 0 Å². The van der Waals surface area contributed by atoms with Gasteiger partial charge in [0.1, 0.15) is 11.6 Å². The van der Waals surface area contributed by atoms with Crippen LogP contribution in [0.1, 0.15) is 37.1 Å². The second-order valence-corrected chi connectivity index (χ2v) is 4.94. The van der Waals surface area contributed by atoms with Crippen LogP contribution in [0, 0.1) is 5.82 Å². The van der Waals surface area contributed by atoms with Gasteiger partial charge in [-0.25, -0.2) is 4.39 Å². The fourth-order valence-corrected chi connectivity index (χ4v) is 2.24. The van der Waals surface area contributed by atoms with Crippen molar-refractivity contribution in [3.8, 4) is 5.75 Å². The van der Waals surface area contributed by atoms with Crippen LogP contribution in [0.2, 0.25) is 0 Å². The topological polar surface area (TPSA) is 21.3 Å². The number of nitrogens with one attached hydrogen (secondary N) is 1. The van der Waals surface area contributed by atoms with Crippen LogP contribution in [0.25, 0.3) is 0 Å². The van der Waals surface area contributed by atoms with Crippen molar-refractivity contribution in [2.45, 2.75) is 25.9 Å². The van der Waals surface area contributed by atoms with Gasteiger partial charge in [0, 0.05) is 12.1 Å². The summed E-state index contributed by atoms with van der Waals surface area (Å²) in [4.78, 5) is 0. The van der Waals surface area contributed by atoms with Crippen molar-refractivity contribution in [1.29, 1.82) is 0 Å². The van der Waals surface area contributed by atoms with E-state index in [0.717, 1.165) is 11.3 Å². The Labute approximate surface area is 119 Å². The van der Waals surface area contributed by atoms with E-state index in [1.54, 1.807) is 19.2 Å². The Balaban J connectivity index is 2.04. The van der Waals surface area contributed by atoms with Crippen molar-refractivity contribution in [2.75, 3.05) is 7.11 Å². The molecule has 106 valence electrons. The molecule has 1 N–H and O–H groups in total. The molecule has 0 saturated carbocycles. The molecule has 0 aliphatic rings. The summed E-state index contributed by atoms with van der Waals surface area (Å²) in [7, 11) is 1.66. The van der Waals surface area contributed by atoms with Crippen molar-refractivity contribution in [1.82, 2.24) is 5.32 Å². The van der Waals surface area contributed by atoms with Crippen molar-refractivity contribution >= 4 is 0 Å². The third kappa shape index (κ3) is 3.58. The van der Waals surface area contributed by atoms with Crippen LogP contribution in [0.3, 0.4) is 0 Å². The maximum Gasteiger partial charge on any atom is 0.123 e. The molecule has 1 unspecified atom stereocenters. The van der Waals surface area contributed by atoms with Crippen molar-refractivity contribution < 1.29 is 9.13 Å². The third-order valence-electron chi connectivity index (χ3n) is 3.46. The van der Waals surface area contributed by atoms with Crippen LogP contribution in [0.4, 0.5) is 4.39 Å². The van der Waals surface area contributed by atoms with E-state index >= 15 is 0 Å². The fourth-order valence-electron chi connectivity index (χ4n) is 2.24. The Hall–Kier alpha value is -1.87. The number of benzene rings is 2. The molecule has 2 nitrogen and oxygen atoms in total. The molecule has 2 atom stereocenters. The average molecular weight is 273 g/mol. The second kappa shape index (κ2) is 6.53. The Kier molecular flexibility index (Phi) is 4.74. The summed E-state index contributed by atoms with van der Waals surface area (Å²) in [6, 6.07) is 14.9. The fraction of sp³-hybridized carbons (Fsp3) is 0.294.